The molecule has 0 bridgehead atoms. The molecular weight excluding hydrogens is 228 g/mol. The summed E-state index contributed by atoms with van der Waals surface area (Å²) in [6, 6.07) is 7.70. The lowest BCUT2D eigenvalue weighted by Crippen LogP contribution is -2.35. The maximum atomic E-state index is 11.8. The zero-order valence-corrected chi connectivity index (χ0v) is 11.0. The molecule has 0 saturated heterocycles. The quantitative estimate of drug-likeness (QED) is 0.586. The van der Waals surface area contributed by atoms with Gasteiger partial charge in [-0.1, -0.05) is 24.3 Å². The fourth-order valence-electron chi connectivity index (χ4n) is 1.59. The Morgan fingerprint density at radius 1 is 1.50 bits per heavy atom. The van der Waals surface area contributed by atoms with Crippen LogP contribution in [0.3, 0.4) is 0 Å². The lowest BCUT2D eigenvalue weighted by molar-refractivity contribution is -0.129. The van der Waals surface area contributed by atoms with Gasteiger partial charge in [-0.3, -0.25) is 4.79 Å². The molecule has 18 heavy (non-hydrogen) atoms. The topological polar surface area (TPSA) is 41.6 Å². The van der Waals surface area contributed by atoms with Crippen molar-refractivity contribution in [1.29, 1.82) is 0 Å². The minimum Gasteiger partial charge on any atom is -0.496 e. The van der Waals surface area contributed by atoms with Gasteiger partial charge in [-0.15, -0.1) is 6.58 Å². The van der Waals surface area contributed by atoms with E-state index in [1.54, 1.807) is 25.1 Å². The van der Waals surface area contributed by atoms with E-state index in [1.807, 2.05) is 24.3 Å². The van der Waals surface area contributed by atoms with Crippen LogP contribution in [0, 0.1) is 0 Å². The van der Waals surface area contributed by atoms with Crippen LogP contribution < -0.4 is 10.1 Å². The number of nitrogens with one attached hydrogen (secondary N) is 1. The lowest BCUT2D eigenvalue weighted by Gasteiger charge is -2.18. The molecule has 0 saturated carbocycles. The summed E-state index contributed by atoms with van der Waals surface area (Å²) in [7, 11) is 3.41. The van der Waals surface area contributed by atoms with Crippen LogP contribution in [0.4, 0.5) is 0 Å². The summed E-state index contributed by atoms with van der Waals surface area (Å²) in [6.45, 7) is 5.08. The first-order valence-electron chi connectivity index (χ1n) is 5.86. The third kappa shape index (κ3) is 4.22. The second-order valence-electron chi connectivity index (χ2n) is 3.98. The average molecular weight is 248 g/mol. The number of amides is 1. The molecule has 0 spiro atoms. The number of methoxy groups -OCH3 is 1. The van der Waals surface area contributed by atoms with Gasteiger partial charge in [0, 0.05) is 25.7 Å². The number of nitrogens with zero attached hydrogens (tertiary/aromatic N) is 1. The molecule has 0 aromatic heterocycles. The number of para-hydroxylation sites is 1. The van der Waals surface area contributed by atoms with Crippen LogP contribution in [0.5, 0.6) is 5.75 Å². The zero-order chi connectivity index (χ0) is 13.4. The summed E-state index contributed by atoms with van der Waals surface area (Å²) in [4.78, 5) is 13.5. The van der Waals surface area contributed by atoms with E-state index in [9.17, 15) is 4.79 Å². The summed E-state index contributed by atoms with van der Waals surface area (Å²) < 4.78 is 5.26. The van der Waals surface area contributed by atoms with Crippen molar-refractivity contribution in [2.75, 3.05) is 27.2 Å². The molecule has 0 aliphatic heterocycles. The number of hydrogen-bond acceptors (Lipinski definition) is 3. The van der Waals surface area contributed by atoms with E-state index in [0.29, 0.717) is 19.6 Å². The third-order valence-corrected chi connectivity index (χ3v) is 2.59. The molecule has 1 aromatic rings. The summed E-state index contributed by atoms with van der Waals surface area (Å²) >= 11 is 0. The van der Waals surface area contributed by atoms with Crippen molar-refractivity contribution in [2.45, 2.75) is 6.54 Å². The highest BCUT2D eigenvalue weighted by atomic mass is 16.5. The summed E-state index contributed by atoms with van der Waals surface area (Å²) in [5.74, 6) is 0.846. The molecule has 0 unspecified atom stereocenters. The highest BCUT2D eigenvalue weighted by Crippen LogP contribution is 2.18. The smallest absolute Gasteiger partial charge is 0.236 e. The molecule has 1 aromatic carbocycles. The number of likely N-dealkylation sites (N-methyl/N-ethyl adjacent to an activating group) is 1. The molecule has 98 valence electrons. The number of benzene rings is 1. The standard InChI is InChI=1S/C14H20N2O2/c1-4-9-15-10-14(17)16(2)11-12-7-5-6-8-13(12)18-3/h4-8,15H,1,9-11H2,2-3H3. The Labute approximate surface area is 108 Å². The highest BCUT2D eigenvalue weighted by Gasteiger charge is 2.10. The molecule has 1 rings (SSSR count). The average Bonchev–Trinajstić information content (AvgIpc) is 2.39. The zero-order valence-electron chi connectivity index (χ0n) is 11.0. The molecular formula is C14H20N2O2. The number of carbonyl (C=O) groups excluding carboxylic acids is 1. The van der Waals surface area contributed by atoms with Crippen molar-refractivity contribution in [1.82, 2.24) is 10.2 Å². The summed E-state index contributed by atoms with van der Waals surface area (Å²) in [5, 5.41) is 2.99. The Bertz CT molecular complexity index is 405. The fraction of sp³-hybridized carbons (Fsp3) is 0.357. The maximum absolute atomic E-state index is 11.8. The lowest BCUT2D eigenvalue weighted by atomic mass is 10.2. The molecule has 0 aliphatic rings. The SMILES string of the molecule is C=CCNCC(=O)N(C)Cc1ccccc1OC. The van der Waals surface area contributed by atoms with Crippen LogP contribution in [0.2, 0.25) is 0 Å². The highest BCUT2D eigenvalue weighted by molar-refractivity contribution is 5.78. The van der Waals surface area contributed by atoms with Crippen molar-refractivity contribution >= 4 is 5.91 Å². The van der Waals surface area contributed by atoms with Crippen molar-refractivity contribution in [3.8, 4) is 5.75 Å². The number of ether oxygens (including phenoxy) is 1. The predicted octanol–water partition coefficient (Wildman–Crippen LogP) is 1.43. The first-order chi connectivity index (χ1) is 8.69. The first kappa shape index (κ1) is 14.3. The van der Waals surface area contributed by atoms with Crippen LogP contribution in [-0.2, 0) is 11.3 Å². The Morgan fingerprint density at radius 2 is 2.22 bits per heavy atom. The van der Waals surface area contributed by atoms with Gasteiger partial charge in [0.25, 0.3) is 0 Å². The Balaban J connectivity index is 2.55. The molecule has 0 fully saturated rings. The summed E-state index contributed by atoms with van der Waals surface area (Å²) in [6.07, 6.45) is 1.73. The van der Waals surface area contributed by atoms with Crippen LogP contribution in [0.15, 0.2) is 36.9 Å². The van der Waals surface area contributed by atoms with E-state index < -0.39 is 0 Å². The Morgan fingerprint density at radius 3 is 2.89 bits per heavy atom. The normalized spacial score (nSPS) is 9.89. The second kappa shape index (κ2) is 7.50. The van der Waals surface area contributed by atoms with Gasteiger partial charge in [0.1, 0.15) is 5.75 Å². The van der Waals surface area contributed by atoms with E-state index >= 15 is 0 Å². The van der Waals surface area contributed by atoms with Gasteiger partial charge in [0.15, 0.2) is 0 Å². The van der Waals surface area contributed by atoms with Gasteiger partial charge in [-0.2, -0.15) is 0 Å². The van der Waals surface area contributed by atoms with Crippen molar-refractivity contribution in [2.24, 2.45) is 0 Å². The van der Waals surface area contributed by atoms with Crippen LogP contribution in [0.1, 0.15) is 5.56 Å². The van der Waals surface area contributed by atoms with Crippen molar-refractivity contribution in [3.05, 3.63) is 42.5 Å². The fourth-order valence-corrected chi connectivity index (χ4v) is 1.59. The Hall–Kier alpha value is -1.81. The van der Waals surface area contributed by atoms with E-state index in [0.717, 1.165) is 11.3 Å². The van der Waals surface area contributed by atoms with Gasteiger partial charge >= 0.3 is 0 Å². The number of carbonyl (C=O) groups is 1. The maximum Gasteiger partial charge on any atom is 0.236 e. The molecule has 1 N–H and O–H groups in total. The molecule has 4 heteroatoms. The van der Waals surface area contributed by atoms with Crippen molar-refractivity contribution in [3.63, 3.8) is 0 Å². The van der Waals surface area contributed by atoms with Crippen LogP contribution in [-0.4, -0.2) is 38.1 Å². The summed E-state index contributed by atoms with van der Waals surface area (Å²) in [5.41, 5.74) is 1.000. The molecule has 0 radical (unpaired) electrons. The van der Waals surface area contributed by atoms with Gasteiger partial charge in [-0.05, 0) is 6.07 Å². The van der Waals surface area contributed by atoms with Gasteiger partial charge in [-0.25, -0.2) is 0 Å². The van der Waals surface area contributed by atoms with Gasteiger partial charge in [0.05, 0.1) is 13.7 Å². The largest absolute Gasteiger partial charge is 0.496 e. The first-order valence-corrected chi connectivity index (χ1v) is 5.86. The monoisotopic (exact) mass is 248 g/mol. The molecule has 0 heterocycles. The Kier molecular flexibility index (Phi) is 5.94. The molecule has 4 nitrogen and oxygen atoms in total. The number of rotatable bonds is 7. The van der Waals surface area contributed by atoms with E-state index in [1.165, 1.54) is 0 Å². The second-order valence-corrected chi connectivity index (χ2v) is 3.98. The van der Waals surface area contributed by atoms with Gasteiger partial charge < -0.3 is 15.0 Å². The number of hydrogen-bond donors (Lipinski definition) is 1. The molecule has 0 aliphatic carbocycles. The van der Waals surface area contributed by atoms with Crippen LogP contribution in [0.25, 0.3) is 0 Å². The van der Waals surface area contributed by atoms with E-state index in [4.69, 9.17) is 4.74 Å². The molecule has 0 atom stereocenters. The minimum absolute atomic E-state index is 0.0442. The van der Waals surface area contributed by atoms with Crippen LogP contribution >= 0.6 is 0 Å². The minimum atomic E-state index is 0.0442. The van der Waals surface area contributed by atoms with Crippen molar-refractivity contribution < 1.29 is 9.53 Å². The van der Waals surface area contributed by atoms with Gasteiger partial charge in [0.2, 0.25) is 5.91 Å². The predicted molar refractivity (Wildman–Crippen MR) is 72.5 cm³/mol. The molecule has 1 amide bonds. The van der Waals surface area contributed by atoms with E-state index in [-0.39, 0.29) is 5.91 Å². The van der Waals surface area contributed by atoms with E-state index in [2.05, 4.69) is 11.9 Å². The third-order valence-electron chi connectivity index (χ3n) is 2.59.